The van der Waals surface area contributed by atoms with E-state index in [1.54, 1.807) is 13.0 Å². The van der Waals surface area contributed by atoms with E-state index >= 15 is 0 Å². The lowest BCUT2D eigenvalue weighted by Crippen LogP contribution is -2.07. The lowest BCUT2D eigenvalue weighted by molar-refractivity contribution is 0.592. The van der Waals surface area contributed by atoms with Crippen molar-refractivity contribution >= 4 is 26.9 Å². The number of nitrogens with two attached hydrogens (primary N) is 1. The Hall–Kier alpha value is -1.40. The zero-order valence-electron chi connectivity index (χ0n) is 10.1. The molecule has 6 heteroatoms. The summed E-state index contributed by atoms with van der Waals surface area (Å²) in [7, 11) is -3.12. The number of hydrogen-bond donors (Lipinski definition) is 1. The molecule has 0 radical (unpaired) electrons. The number of para-hydroxylation sites is 1. The van der Waals surface area contributed by atoms with Crippen LogP contribution in [-0.4, -0.2) is 19.7 Å². The summed E-state index contributed by atoms with van der Waals surface area (Å²) in [6, 6.07) is 7.41. The van der Waals surface area contributed by atoms with Crippen LogP contribution >= 0.6 is 11.3 Å². The molecule has 1 heterocycles. The molecule has 1 aromatic carbocycles. The van der Waals surface area contributed by atoms with Gasteiger partial charge in [-0.05, 0) is 13.0 Å². The van der Waals surface area contributed by atoms with Gasteiger partial charge in [-0.2, -0.15) is 0 Å². The number of sulfone groups is 1. The Kier molecular flexibility index (Phi) is 3.41. The molecule has 0 bridgehead atoms. The highest BCUT2D eigenvalue weighted by molar-refractivity contribution is 7.91. The van der Waals surface area contributed by atoms with E-state index in [2.05, 4.69) is 4.98 Å². The van der Waals surface area contributed by atoms with E-state index in [0.717, 1.165) is 11.3 Å². The molecule has 0 aliphatic carbocycles. The van der Waals surface area contributed by atoms with Gasteiger partial charge in [0.2, 0.25) is 0 Å². The summed E-state index contributed by atoms with van der Waals surface area (Å²) in [5, 5.41) is 1.85. The third-order valence-electron chi connectivity index (χ3n) is 2.75. The Morgan fingerprint density at radius 2 is 2.00 bits per heavy atom. The van der Waals surface area contributed by atoms with Crippen molar-refractivity contribution in [2.45, 2.75) is 12.2 Å². The summed E-state index contributed by atoms with van der Waals surface area (Å²) in [5.74, 6) is 0. The van der Waals surface area contributed by atoms with Gasteiger partial charge in [0, 0.05) is 22.9 Å². The standard InChI is InChI=1S/C12H14N2O2S2/c1-8(18(2,15)16)12-14-11(7-17-12)9-5-3-4-6-10(9)13/h3-8H,13H2,1-2H3. The third kappa shape index (κ3) is 2.54. The minimum atomic E-state index is -3.12. The van der Waals surface area contributed by atoms with Crippen LogP contribution < -0.4 is 5.73 Å². The Labute approximate surface area is 110 Å². The molecule has 2 aromatic rings. The van der Waals surface area contributed by atoms with Gasteiger partial charge >= 0.3 is 0 Å². The first kappa shape index (κ1) is 13.0. The average molecular weight is 282 g/mol. The Morgan fingerprint density at radius 1 is 1.33 bits per heavy atom. The molecule has 18 heavy (non-hydrogen) atoms. The topological polar surface area (TPSA) is 73.0 Å². The second kappa shape index (κ2) is 4.70. The Bertz CT molecular complexity index is 662. The second-order valence-corrected chi connectivity index (χ2v) is 7.39. The van der Waals surface area contributed by atoms with Crippen LogP contribution in [0.15, 0.2) is 29.6 Å². The van der Waals surface area contributed by atoms with Crippen LogP contribution in [-0.2, 0) is 9.84 Å². The molecule has 0 saturated heterocycles. The highest BCUT2D eigenvalue weighted by Crippen LogP contribution is 2.31. The summed E-state index contributed by atoms with van der Waals surface area (Å²) in [4.78, 5) is 4.37. The van der Waals surface area contributed by atoms with E-state index in [-0.39, 0.29) is 0 Å². The van der Waals surface area contributed by atoms with Gasteiger partial charge < -0.3 is 5.73 Å². The fraction of sp³-hybridized carbons (Fsp3) is 0.250. The highest BCUT2D eigenvalue weighted by Gasteiger charge is 2.21. The van der Waals surface area contributed by atoms with Gasteiger partial charge in [0.15, 0.2) is 9.84 Å². The summed E-state index contributed by atoms with van der Waals surface area (Å²) in [6.07, 6.45) is 1.22. The SMILES string of the molecule is CC(c1nc(-c2ccccc2N)cs1)S(C)(=O)=O. The minimum absolute atomic E-state index is 0.582. The molecule has 0 aliphatic rings. The first-order valence-corrected chi connectivity index (χ1v) is 8.22. The van der Waals surface area contributed by atoms with E-state index in [0.29, 0.717) is 10.7 Å². The van der Waals surface area contributed by atoms with Crippen molar-refractivity contribution in [1.29, 1.82) is 0 Å². The molecule has 2 N–H and O–H groups in total. The first-order valence-electron chi connectivity index (χ1n) is 5.39. The van der Waals surface area contributed by atoms with Crippen LogP contribution in [0.5, 0.6) is 0 Å². The van der Waals surface area contributed by atoms with Crippen molar-refractivity contribution in [2.24, 2.45) is 0 Å². The number of benzene rings is 1. The molecule has 96 valence electrons. The summed E-state index contributed by atoms with van der Waals surface area (Å²) in [6.45, 7) is 1.65. The van der Waals surface area contributed by atoms with E-state index < -0.39 is 15.1 Å². The molecule has 4 nitrogen and oxygen atoms in total. The smallest absolute Gasteiger partial charge is 0.156 e. The number of nitrogen functional groups attached to an aromatic ring is 1. The molecular weight excluding hydrogens is 268 g/mol. The van der Waals surface area contributed by atoms with Crippen LogP contribution in [0, 0.1) is 0 Å². The molecule has 0 fully saturated rings. The molecule has 1 unspecified atom stereocenters. The molecule has 0 spiro atoms. The second-order valence-electron chi connectivity index (χ2n) is 4.13. The van der Waals surface area contributed by atoms with Gasteiger partial charge in [0.25, 0.3) is 0 Å². The number of rotatable bonds is 3. The van der Waals surface area contributed by atoms with Crippen molar-refractivity contribution in [3.05, 3.63) is 34.7 Å². The van der Waals surface area contributed by atoms with Crippen LogP contribution in [0.3, 0.4) is 0 Å². The highest BCUT2D eigenvalue weighted by atomic mass is 32.2. The molecule has 0 aliphatic heterocycles. The van der Waals surface area contributed by atoms with Crippen LogP contribution in [0.25, 0.3) is 11.3 Å². The predicted octanol–water partition coefficient (Wildman–Crippen LogP) is 2.50. The quantitative estimate of drug-likeness (QED) is 0.878. The van der Waals surface area contributed by atoms with Gasteiger partial charge in [-0.15, -0.1) is 11.3 Å². The van der Waals surface area contributed by atoms with E-state index in [1.165, 1.54) is 17.6 Å². The summed E-state index contributed by atoms with van der Waals surface area (Å²) in [5.41, 5.74) is 8.07. The van der Waals surface area contributed by atoms with Gasteiger partial charge in [-0.1, -0.05) is 18.2 Å². The largest absolute Gasteiger partial charge is 0.398 e. The van der Waals surface area contributed by atoms with Crippen molar-refractivity contribution in [3.8, 4) is 11.3 Å². The molecule has 2 rings (SSSR count). The molecule has 1 atom stereocenters. The van der Waals surface area contributed by atoms with E-state index in [9.17, 15) is 8.42 Å². The zero-order chi connectivity index (χ0) is 13.3. The average Bonchev–Trinajstić information content (AvgIpc) is 2.76. The minimum Gasteiger partial charge on any atom is -0.398 e. The number of hydrogen-bond acceptors (Lipinski definition) is 5. The molecule has 1 aromatic heterocycles. The zero-order valence-corrected chi connectivity index (χ0v) is 11.8. The Balaban J connectivity index is 2.41. The van der Waals surface area contributed by atoms with Crippen LogP contribution in [0.4, 0.5) is 5.69 Å². The molecular formula is C12H14N2O2S2. The fourth-order valence-electron chi connectivity index (χ4n) is 1.51. The Morgan fingerprint density at radius 3 is 2.61 bits per heavy atom. The number of thiazole rings is 1. The molecule has 0 saturated carbocycles. The first-order chi connectivity index (χ1) is 8.39. The number of nitrogens with zero attached hydrogens (tertiary/aromatic N) is 1. The summed E-state index contributed by atoms with van der Waals surface area (Å²) >= 11 is 1.34. The lowest BCUT2D eigenvalue weighted by Gasteiger charge is -2.05. The van der Waals surface area contributed by atoms with Gasteiger partial charge in [-0.25, -0.2) is 13.4 Å². The van der Waals surface area contributed by atoms with Crippen LogP contribution in [0.1, 0.15) is 17.2 Å². The van der Waals surface area contributed by atoms with Crippen molar-refractivity contribution in [3.63, 3.8) is 0 Å². The lowest BCUT2D eigenvalue weighted by atomic mass is 10.1. The molecule has 0 amide bonds. The normalized spacial score (nSPS) is 13.4. The fourth-order valence-corrected chi connectivity index (χ4v) is 3.38. The maximum absolute atomic E-state index is 11.5. The monoisotopic (exact) mass is 282 g/mol. The van der Waals surface area contributed by atoms with Crippen molar-refractivity contribution in [1.82, 2.24) is 4.98 Å². The van der Waals surface area contributed by atoms with E-state index in [4.69, 9.17) is 5.73 Å². The predicted molar refractivity (Wildman–Crippen MR) is 75.2 cm³/mol. The number of aromatic nitrogens is 1. The summed E-state index contributed by atoms with van der Waals surface area (Å²) < 4.78 is 23.0. The van der Waals surface area contributed by atoms with Gasteiger partial charge in [0.1, 0.15) is 10.3 Å². The van der Waals surface area contributed by atoms with Gasteiger partial charge in [-0.3, -0.25) is 0 Å². The third-order valence-corrected chi connectivity index (χ3v) is 5.43. The maximum atomic E-state index is 11.5. The van der Waals surface area contributed by atoms with Crippen molar-refractivity contribution < 1.29 is 8.42 Å². The van der Waals surface area contributed by atoms with Gasteiger partial charge in [0.05, 0.1) is 5.69 Å². The van der Waals surface area contributed by atoms with Crippen molar-refractivity contribution in [2.75, 3.05) is 12.0 Å². The number of anilines is 1. The maximum Gasteiger partial charge on any atom is 0.156 e. The van der Waals surface area contributed by atoms with E-state index in [1.807, 2.05) is 23.6 Å². The van der Waals surface area contributed by atoms with Crippen LogP contribution in [0.2, 0.25) is 0 Å².